The maximum atomic E-state index is 4.46. The van der Waals surface area contributed by atoms with Gasteiger partial charge in [0.05, 0.1) is 6.54 Å². The fourth-order valence-corrected chi connectivity index (χ4v) is 2.69. The van der Waals surface area contributed by atoms with E-state index in [0.717, 1.165) is 15.6 Å². The number of benzene rings is 2. The van der Waals surface area contributed by atoms with E-state index in [9.17, 15) is 0 Å². The van der Waals surface area contributed by atoms with Crippen LogP contribution in [0.1, 0.15) is 30.9 Å². The van der Waals surface area contributed by atoms with Crippen LogP contribution in [0.2, 0.25) is 0 Å². The summed E-state index contributed by atoms with van der Waals surface area (Å²) in [6, 6.07) is 16.4. The van der Waals surface area contributed by atoms with Crippen LogP contribution in [0.25, 0.3) is 11.4 Å². The highest BCUT2D eigenvalue weighted by molar-refractivity contribution is 9.10. The van der Waals surface area contributed by atoms with Gasteiger partial charge in [-0.05, 0) is 34.4 Å². The number of halogens is 1. The first-order chi connectivity index (χ1) is 10.6. The Morgan fingerprint density at radius 2 is 1.86 bits per heavy atom. The fraction of sp³-hybridized carbons (Fsp3) is 0.235. The molecule has 0 unspecified atom stereocenters. The summed E-state index contributed by atoms with van der Waals surface area (Å²) in [4.78, 5) is 1.62. The third-order valence-corrected chi connectivity index (χ3v) is 3.99. The number of hydrogen-bond acceptors (Lipinski definition) is 3. The van der Waals surface area contributed by atoms with E-state index in [4.69, 9.17) is 0 Å². The lowest BCUT2D eigenvalue weighted by molar-refractivity contribution is 0.572. The van der Waals surface area contributed by atoms with Gasteiger partial charge in [-0.2, -0.15) is 4.80 Å². The van der Waals surface area contributed by atoms with Gasteiger partial charge in [0.15, 0.2) is 0 Å². The predicted octanol–water partition coefficient (Wildman–Crippen LogP) is 4.27. The van der Waals surface area contributed by atoms with Crippen molar-refractivity contribution in [3.8, 4) is 11.4 Å². The lowest BCUT2D eigenvalue weighted by atomic mass is 10.0. The van der Waals surface area contributed by atoms with E-state index in [2.05, 4.69) is 75.5 Å². The van der Waals surface area contributed by atoms with Crippen molar-refractivity contribution in [3.63, 3.8) is 0 Å². The molecule has 0 amide bonds. The van der Waals surface area contributed by atoms with Gasteiger partial charge in [0, 0.05) is 10.0 Å². The summed E-state index contributed by atoms with van der Waals surface area (Å²) >= 11 is 3.47. The molecule has 0 fully saturated rings. The molecular weight excluding hydrogens is 340 g/mol. The summed E-state index contributed by atoms with van der Waals surface area (Å²) in [6.07, 6.45) is 0. The van der Waals surface area contributed by atoms with Crippen molar-refractivity contribution >= 4 is 15.9 Å². The van der Waals surface area contributed by atoms with Gasteiger partial charge in [0.2, 0.25) is 5.82 Å². The minimum atomic E-state index is 0.522. The second-order valence-corrected chi connectivity index (χ2v) is 6.47. The molecule has 5 heteroatoms. The van der Waals surface area contributed by atoms with Gasteiger partial charge in [-0.3, -0.25) is 0 Å². The lowest BCUT2D eigenvalue weighted by Gasteiger charge is -2.04. The first kappa shape index (κ1) is 14.9. The maximum Gasteiger partial charge on any atom is 0.204 e. The summed E-state index contributed by atoms with van der Waals surface area (Å²) in [6.45, 7) is 4.97. The van der Waals surface area contributed by atoms with E-state index in [0.29, 0.717) is 18.3 Å². The third kappa shape index (κ3) is 3.42. The average molecular weight is 357 g/mol. The van der Waals surface area contributed by atoms with Gasteiger partial charge in [-0.1, -0.05) is 66.2 Å². The highest BCUT2D eigenvalue weighted by Gasteiger charge is 2.07. The van der Waals surface area contributed by atoms with Crippen LogP contribution in [-0.4, -0.2) is 20.2 Å². The molecule has 0 aliphatic carbocycles. The van der Waals surface area contributed by atoms with Crippen LogP contribution in [0.4, 0.5) is 0 Å². The molecule has 0 radical (unpaired) electrons. The van der Waals surface area contributed by atoms with Crippen LogP contribution in [-0.2, 0) is 6.54 Å². The summed E-state index contributed by atoms with van der Waals surface area (Å²) in [5, 5.41) is 12.7. The molecule has 0 aliphatic heterocycles. The molecule has 3 rings (SSSR count). The molecule has 0 spiro atoms. The van der Waals surface area contributed by atoms with Gasteiger partial charge >= 0.3 is 0 Å². The van der Waals surface area contributed by atoms with E-state index in [1.807, 2.05) is 18.2 Å². The van der Waals surface area contributed by atoms with Crippen LogP contribution in [0.5, 0.6) is 0 Å². The van der Waals surface area contributed by atoms with Crippen LogP contribution in [0.15, 0.2) is 53.0 Å². The summed E-state index contributed by atoms with van der Waals surface area (Å²) in [5.74, 6) is 1.18. The SMILES string of the molecule is CC(C)c1ccc(-c2nnn(Cc3cccc(Br)c3)n2)cc1. The first-order valence-electron chi connectivity index (χ1n) is 7.24. The van der Waals surface area contributed by atoms with Crippen molar-refractivity contribution in [3.05, 3.63) is 64.1 Å². The zero-order valence-electron chi connectivity index (χ0n) is 12.6. The lowest BCUT2D eigenvalue weighted by Crippen LogP contribution is -2.03. The largest absolute Gasteiger partial charge is 0.204 e. The molecule has 0 saturated heterocycles. The van der Waals surface area contributed by atoms with E-state index < -0.39 is 0 Å². The molecule has 0 bridgehead atoms. The molecule has 2 aromatic carbocycles. The quantitative estimate of drug-likeness (QED) is 0.700. The van der Waals surface area contributed by atoms with E-state index in [-0.39, 0.29) is 0 Å². The Hall–Kier alpha value is -2.01. The standard InChI is InChI=1S/C17H17BrN4/c1-12(2)14-6-8-15(9-7-14)17-19-21-22(20-17)11-13-4-3-5-16(18)10-13/h3-10,12H,11H2,1-2H3. The molecule has 1 aromatic heterocycles. The van der Waals surface area contributed by atoms with Gasteiger partial charge in [-0.25, -0.2) is 0 Å². The highest BCUT2D eigenvalue weighted by atomic mass is 79.9. The summed E-state index contributed by atoms with van der Waals surface area (Å²) in [7, 11) is 0. The first-order valence-corrected chi connectivity index (χ1v) is 8.04. The van der Waals surface area contributed by atoms with Crippen LogP contribution in [0, 0.1) is 0 Å². The topological polar surface area (TPSA) is 43.6 Å². The number of hydrogen-bond donors (Lipinski definition) is 0. The van der Waals surface area contributed by atoms with E-state index in [1.54, 1.807) is 4.80 Å². The number of nitrogens with zero attached hydrogens (tertiary/aromatic N) is 4. The molecule has 0 aliphatic rings. The van der Waals surface area contributed by atoms with Crippen molar-refractivity contribution in [2.75, 3.05) is 0 Å². The molecular formula is C17H17BrN4. The normalized spacial score (nSPS) is 11.1. The minimum Gasteiger partial charge on any atom is -0.159 e. The Labute approximate surface area is 138 Å². The molecule has 4 nitrogen and oxygen atoms in total. The minimum absolute atomic E-state index is 0.522. The summed E-state index contributed by atoms with van der Waals surface area (Å²) < 4.78 is 1.05. The predicted molar refractivity (Wildman–Crippen MR) is 90.6 cm³/mol. The summed E-state index contributed by atoms with van der Waals surface area (Å²) in [5.41, 5.74) is 3.43. The fourth-order valence-electron chi connectivity index (χ4n) is 2.24. The Balaban J connectivity index is 1.78. The molecule has 22 heavy (non-hydrogen) atoms. The highest BCUT2D eigenvalue weighted by Crippen LogP contribution is 2.19. The van der Waals surface area contributed by atoms with Crippen LogP contribution in [0.3, 0.4) is 0 Å². The molecule has 112 valence electrons. The third-order valence-electron chi connectivity index (χ3n) is 3.50. The van der Waals surface area contributed by atoms with Gasteiger partial charge in [0.25, 0.3) is 0 Å². The van der Waals surface area contributed by atoms with Gasteiger partial charge in [0.1, 0.15) is 0 Å². The Kier molecular flexibility index (Phi) is 4.34. The Bertz CT molecular complexity index is 762. The molecule has 0 atom stereocenters. The Morgan fingerprint density at radius 3 is 2.55 bits per heavy atom. The second kappa shape index (κ2) is 6.40. The maximum absolute atomic E-state index is 4.46. The zero-order chi connectivity index (χ0) is 15.5. The van der Waals surface area contributed by atoms with E-state index in [1.165, 1.54) is 5.56 Å². The van der Waals surface area contributed by atoms with Crippen LogP contribution < -0.4 is 0 Å². The number of rotatable bonds is 4. The van der Waals surface area contributed by atoms with Crippen LogP contribution >= 0.6 is 15.9 Å². The van der Waals surface area contributed by atoms with Crippen molar-refractivity contribution < 1.29 is 0 Å². The average Bonchev–Trinajstić information content (AvgIpc) is 2.96. The number of tetrazole rings is 1. The molecule has 3 aromatic rings. The van der Waals surface area contributed by atoms with Crippen molar-refractivity contribution in [2.24, 2.45) is 0 Å². The molecule has 1 heterocycles. The zero-order valence-corrected chi connectivity index (χ0v) is 14.2. The van der Waals surface area contributed by atoms with Gasteiger partial charge < -0.3 is 0 Å². The van der Waals surface area contributed by atoms with Gasteiger partial charge in [-0.15, -0.1) is 10.2 Å². The van der Waals surface area contributed by atoms with Crippen molar-refractivity contribution in [2.45, 2.75) is 26.3 Å². The molecule has 0 N–H and O–H groups in total. The smallest absolute Gasteiger partial charge is 0.159 e. The van der Waals surface area contributed by atoms with Crippen molar-refractivity contribution in [1.82, 2.24) is 20.2 Å². The Morgan fingerprint density at radius 1 is 1.09 bits per heavy atom. The molecule has 0 saturated carbocycles. The monoisotopic (exact) mass is 356 g/mol. The van der Waals surface area contributed by atoms with Crippen molar-refractivity contribution in [1.29, 1.82) is 0 Å². The number of aromatic nitrogens is 4. The second-order valence-electron chi connectivity index (χ2n) is 5.55. The van der Waals surface area contributed by atoms with E-state index >= 15 is 0 Å².